The van der Waals surface area contributed by atoms with Crippen molar-refractivity contribution in [3.05, 3.63) is 80.8 Å². The number of thiazole rings is 1. The minimum absolute atomic E-state index is 0.0297. The van der Waals surface area contributed by atoms with Crippen molar-refractivity contribution in [2.24, 2.45) is 0 Å². The number of nitrogens with one attached hydrogen (secondary N) is 1. The largest absolute Gasteiger partial charge is 0.456 e. The smallest absolute Gasteiger partial charge is 0.338 e. The van der Waals surface area contributed by atoms with E-state index in [1.807, 2.05) is 31.2 Å². The minimum Gasteiger partial charge on any atom is -0.456 e. The summed E-state index contributed by atoms with van der Waals surface area (Å²) in [5.41, 5.74) is 2.91. The Morgan fingerprint density at radius 1 is 1.19 bits per heavy atom. The zero-order chi connectivity index (χ0) is 18.5. The van der Waals surface area contributed by atoms with E-state index in [1.165, 1.54) is 41.2 Å². The lowest BCUT2D eigenvalue weighted by molar-refractivity contribution is -0.384. The van der Waals surface area contributed by atoms with Gasteiger partial charge in [-0.1, -0.05) is 17.7 Å². The number of nitrogens with zero attached hydrogens (tertiary/aromatic N) is 2. The fraction of sp³-hybridized carbons (Fsp3) is 0.111. The molecule has 3 rings (SSSR count). The fourth-order valence-electron chi connectivity index (χ4n) is 2.13. The van der Waals surface area contributed by atoms with Gasteiger partial charge in [-0.05, 0) is 31.2 Å². The number of hydrogen-bond acceptors (Lipinski definition) is 7. The van der Waals surface area contributed by atoms with E-state index in [0.29, 0.717) is 10.8 Å². The third kappa shape index (κ3) is 4.42. The maximum atomic E-state index is 12.0. The van der Waals surface area contributed by atoms with Crippen molar-refractivity contribution in [3.63, 3.8) is 0 Å². The van der Waals surface area contributed by atoms with Crippen LogP contribution in [0.25, 0.3) is 0 Å². The van der Waals surface area contributed by atoms with Gasteiger partial charge in [0.2, 0.25) is 0 Å². The molecule has 0 atom stereocenters. The SMILES string of the molecule is Cc1ccc(Nc2nc(COC(=O)c3ccc([N+](=O)[O-])cc3)cs2)cc1. The first-order chi connectivity index (χ1) is 12.5. The van der Waals surface area contributed by atoms with Crippen LogP contribution in [-0.2, 0) is 11.3 Å². The molecule has 0 radical (unpaired) electrons. The first-order valence-corrected chi connectivity index (χ1v) is 8.59. The number of nitro benzene ring substituents is 1. The maximum absolute atomic E-state index is 12.0. The number of anilines is 2. The number of benzene rings is 2. The van der Waals surface area contributed by atoms with Gasteiger partial charge < -0.3 is 10.1 Å². The molecule has 26 heavy (non-hydrogen) atoms. The average Bonchev–Trinajstić information content (AvgIpc) is 3.09. The highest BCUT2D eigenvalue weighted by molar-refractivity contribution is 7.13. The average molecular weight is 369 g/mol. The zero-order valence-corrected chi connectivity index (χ0v) is 14.7. The third-order valence-corrected chi connectivity index (χ3v) is 4.33. The van der Waals surface area contributed by atoms with E-state index in [2.05, 4.69) is 10.3 Å². The highest BCUT2D eigenvalue weighted by atomic mass is 32.1. The molecular weight excluding hydrogens is 354 g/mol. The molecule has 3 aromatic rings. The molecule has 132 valence electrons. The number of carbonyl (C=O) groups excluding carboxylic acids is 1. The zero-order valence-electron chi connectivity index (χ0n) is 13.8. The Kier molecular flexibility index (Phi) is 5.23. The molecule has 1 heterocycles. The molecule has 0 aliphatic heterocycles. The lowest BCUT2D eigenvalue weighted by Gasteiger charge is -2.03. The summed E-state index contributed by atoms with van der Waals surface area (Å²) in [6.45, 7) is 2.05. The Labute approximate surface area is 153 Å². The number of rotatable bonds is 6. The van der Waals surface area contributed by atoms with Gasteiger partial charge in [-0.15, -0.1) is 11.3 Å². The van der Waals surface area contributed by atoms with Gasteiger partial charge >= 0.3 is 5.97 Å². The van der Waals surface area contributed by atoms with Gasteiger partial charge in [-0.25, -0.2) is 9.78 Å². The summed E-state index contributed by atoms with van der Waals surface area (Å²) in [6.07, 6.45) is 0. The number of carbonyl (C=O) groups is 1. The van der Waals surface area contributed by atoms with Gasteiger partial charge in [-0.2, -0.15) is 0 Å². The third-order valence-electron chi connectivity index (χ3n) is 3.52. The standard InChI is InChI=1S/C18H15N3O4S/c1-12-2-6-14(7-3-12)19-18-20-15(11-26-18)10-25-17(22)13-4-8-16(9-5-13)21(23)24/h2-9,11H,10H2,1H3,(H,19,20). The summed E-state index contributed by atoms with van der Waals surface area (Å²) in [7, 11) is 0. The first-order valence-electron chi connectivity index (χ1n) is 7.71. The van der Waals surface area contributed by atoms with E-state index in [9.17, 15) is 14.9 Å². The number of hydrogen-bond donors (Lipinski definition) is 1. The van der Waals surface area contributed by atoms with Crippen molar-refractivity contribution < 1.29 is 14.5 Å². The van der Waals surface area contributed by atoms with Gasteiger partial charge in [0.05, 0.1) is 16.2 Å². The molecule has 2 aromatic carbocycles. The van der Waals surface area contributed by atoms with Crippen LogP contribution in [0.4, 0.5) is 16.5 Å². The summed E-state index contributed by atoms with van der Waals surface area (Å²) in [6, 6.07) is 13.2. The number of esters is 1. The van der Waals surface area contributed by atoms with E-state index >= 15 is 0 Å². The summed E-state index contributed by atoms with van der Waals surface area (Å²) < 4.78 is 5.20. The Morgan fingerprint density at radius 2 is 1.88 bits per heavy atom. The molecule has 0 aliphatic carbocycles. The van der Waals surface area contributed by atoms with Crippen LogP contribution in [0.1, 0.15) is 21.6 Å². The minimum atomic E-state index is -0.555. The number of ether oxygens (including phenoxy) is 1. The summed E-state index contributed by atoms with van der Waals surface area (Å²) in [4.78, 5) is 26.5. The Bertz CT molecular complexity index is 920. The molecule has 0 saturated heterocycles. The van der Waals surface area contributed by atoms with Gasteiger partial charge in [-0.3, -0.25) is 10.1 Å². The molecule has 1 aromatic heterocycles. The monoisotopic (exact) mass is 369 g/mol. The van der Waals surface area contributed by atoms with E-state index in [4.69, 9.17) is 4.74 Å². The molecule has 0 bridgehead atoms. The Balaban J connectivity index is 1.56. The molecule has 0 unspecified atom stereocenters. The van der Waals surface area contributed by atoms with Crippen LogP contribution in [-0.4, -0.2) is 15.9 Å². The Hall–Kier alpha value is -3.26. The maximum Gasteiger partial charge on any atom is 0.338 e. The predicted molar refractivity (Wildman–Crippen MR) is 98.8 cm³/mol. The number of nitro groups is 1. The van der Waals surface area contributed by atoms with Crippen LogP contribution >= 0.6 is 11.3 Å². The van der Waals surface area contributed by atoms with Crippen LogP contribution in [0.15, 0.2) is 53.9 Å². The molecule has 0 amide bonds. The highest BCUT2D eigenvalue weighted by Crippen LogP contribution is 2.22. The summed E-state index contributed by atoms with van der Waals surface area (Å²) >= 11 is 1.41. The summed E-state index contributed by atoms with van der Waals surface area (Å²) in [5.74, 6) is -0.555. The number of aromatic nitrogens is 1. The van der Waals surface area contributed by atoms with Crippen molar-refractivity contribution in [2.75, 3.05) is 5.32 Å². The molecule has 0 spiro atoms. The number of non-ortho nitro benzene ring substituents is 1. The Morgan fingerprint density at radius 3 is 2.54 bits per heavy atom. The lowest BCUT2D eigenvalue weighted by atomic mass is 10.2. The van der Waals surface area contributed by atoms with Crippen LogP contribution in [0.5, 0.6) is 0 Å². The van der Waals surface area contributed by atoms with Crippen molar-refractivity contribution >= 4 is 33.8 Å². The molecule has 8 heteroatoms. The lowest BCUT2D eigenvalue weighted by Crippen LogP contribution is -2.05. The van der Waals surface area contributed by atoms with E-state index in [0.717, 1.165) is 5.69 Å². The molecular formula is C18H15N3O4S. The van der Waals surface area contributed by atoms with E-state index < -0.39 is 10.9 Å². The van der Waals surface area contributed by atoms with Gasteiger partial charge in [0, 0.05) is 23.2 Å². The van der Waals surface area contributed by atoms with Gasteiger partial charge in [0.25, 0.3) is 5.69 Å². The van der Waals surface area contributed by atoms with Gasteiger partial charge in [0.15, 0.2) is 5.13 Å². The predicted octanol–water partition coefficient (Wildman–Crippen LogP) is 4.46. The van der Waals surface area contributed by atoms with Crippen molar-refractivity contribution in [1.29, 1.82) is 0 Å². The second-order valence-corrected chi connectivity index (χ2v) is 6.37. The number of aryl methyl sites for hydroxylation is 1. The molecule has 7 nitrogen and oxygen atoms in total. The normalized spacial score (nSPS) is 10.3. The van der Waals surface area contributed by atoms with Crippen LogP contribution in [0.3, 0.4) is 0 Å². The topological polar surface area (TPSA) is 94.4 Å². The molecule has 1 N–H and O–H groups in total. The second-order valence-electron chi connectivity index (χ2n) is 5.52. The van der Waals surface area contributed by atoms with Crippen molar-refractivity contribution in [3.8, 4) is 0 Å². The second kappa shape index (κ2) is 7.75. The first kappa shape index (κ1) is 17.6. The van der Waals surface area contributed by atoms with Crippen LogP contribution in [0, 0.1) is 17.0 Å². The van der Waals surface area contributed by atoms with Crippen molar-refractivity contribution in [2.45, 2.75) is 13.5 Å². The molecule has 0 aliphatic rings. The fourth-order valence-corrected chi connectivity index (χ4v) is 2.85. The van der Waals surface area contributed by atoms with E-state index in [1.54, 1.807) is 5.38 Å². The highest BCUT2D eigenvalue weighted by Gasteiger charge is 2.12. The summed E-state index contributed by atoms with van der Waals surface area (Å²) in [5, 5.41) is 16.3. The quantitative estimate of drug-likeness (QED) is 0.392. The van der Waals surface area contributed by atoms with Crippen LogP contribution in [0.2, 0.25) is 0 Å². The van der Waals surface area contributed by atoms with E-state index in [-0.39, 0.29) is 17.9 Å². The molecule has 0 saturated carbocycles. The van der Waals surface area contributed by atoms with Gasteiger partial charge in [0.1, 0.15) is 6.61 Å². The van der Waals surface area contributed by atoms with Crippen molar-refractivity contribution in [1.82, 2.24) is 4.98 Å². The molecule has 0 fully saturated rings. The van der Waals surface area contributed by atoms with Crippen LogP contribution < -0.4 is 5.32 Å².